The van der Waals surface area contributed by atoms with E-state index in [4.69, 9.17) is 9.94 Å². The lowest BCUT2D eigenvalue weighted by atomic mass is 9.93. The first kappa shape index (κ1) is 17.6. The number of nitrogens with one attached hydrogen (secondary N) is 1. The second-order valence-corrected chi connectivity index (χ2v) is 8.70. The van der Waals surface area contributed by atoms with E-state index in [1.165, 1.54) is 12.8 Å². The quantitative estimate of drug-likeness (QED) is 0.600. The Morgan fingerprint density at radius 2 is 2.30 bits per heavy atom. The van der Waals surface area contributed by atoms with E-state index in [1.807, 2.05) is 6.07 Å². The molecule has 3 atom stereocenters. The number of carbonyl (C=O) groups excluding carboxylic acids is 1. The topological polar surface area (TPSA) is 77.9 Å². The number of amides is 1. The van der Waals surface area contributed by atoms with Gasteiger partial charge in [0.25, 0.3) is 5.91 Å². The second kappa shape index (κ2) is 6.51. The van der Waals surface area contributed by atoms with Gasteiger partial charge in [-0.2, -0.15) is 0 Å². The molecule has 4 heterocycles. The smallest absolute Gasteiger partial charge is 0.276 e. The van der Waals surface area contributed by atoms with E-state index in [-0.39, 0.29) is 5.60 Å². The third-order valence-electron chi connectivity index (χ3n) is 6.85. The Labute approximate surface area is 159 Å². The number of hydrogen-bond acceptors (Lipinski definition) is 6. The number of morpholine rings is 1. The summed E-state index contributed by atoms with van der Waals surface area (Å²) in [5.74, 6) is -0.508. The molecule has 1 amide bonds. The lowest BCUT2D eigenvalue weighted by Gasteiger charge is -2.42. The lowest BCUT2D eigenvalue weighted by Crippen LogP contribution is -2.53. The van der Waals surface area contributed by atoms with Gasteiger partial charge >= 0.3 is 0 Å². The Balaban J connectivity index is 1.36. The van der Waals surface area contributed by atoms with E-state index in [0.29, 0.717) is 17.6 Å². The highest BCUT2D eigenvalue weighted by atomic mass is 16.5. The van der Waals surface area contributed by atoms with Gasteiger partial charge in [-0.15, -0.1) is 0 Å². The zero-order valence-corrected chi connectivity index (χ0v) is 15.9. The molecule has 0 spiro atoms. The first-order chi connectivity index (χ1) is 13.1. The first-order valence-corrected chi connectivity index (χ1v) is 10.2. The van der Waals surface area contributed by atoms with E-state index < -0.39 is 5.91 Å². The number of likely N-dealkylation sites (tertiary alicyclic amines) is 1. The maximum absolute atomic E-state index is 11.7. The molecule has 146 valence electrons. The van der Waals surface area contributed by atoms with Gasteiger partial charge in [-0.1, -0.05) is 6.92 Å². The summed E-state index contributed by atoms with van der Waals surface area (Å²) in [6.45, 7) is 5.90. The van der Waals surface area contributed by atoms with Gasteiger partial charge in [0.1, 0.15) is 0 Å². The molecule has 3 aliphatic heterocycles. The fraction of sp³-hybridized carbons (Fsp3) is 0.700. The maximum atomic E-state index is 11.7. The molecule has 0 radical (unpaired) electrons. The number of rotatable bonds is 5. The fourth-order valence-corrected chi connectivity index (χ4v) is 5.30. The zero-order chi connectivity index (χ0) is 18.6. The van der Waals surface area contributed by atoms with Crippen LogP contribution in [-0.4, -0.2) is 69.3 Å². The Morgan fingerprint density at radius 3 is 3.04 bits per heavy atom. The average molecular weight is 372 g/mol. The van der Waals surface area contributed by atoms with E-state index in [1.54, 1.807) is 11.7 Å². The van der Waals surface area contributed by atoms with Gasteiger partial charge in [0.15, 0.2) is 0 Å². The van der Waals surface area contributed by atoms with Crippen LogP contribution in [-0.2, 0) is 17.7 Å². The van der Waals surface area contributed by atoms with Crippen LogP contribution in [0.5, 0.6) is 0 Å². The molecule has 0 aromatic carbocycles. The minimum atomic E-state index is -0.508. The van der Waals surface area contributed by atoms with Gasteiger partial charge in [-0.25, -0.2) is 5.48 Å². The molecule has 7 nitrogen and oxygen atoms in total. The van der Waals surface area contributed by atoms with Crippen molar-refractivity contribution in [3.8, 4) is 0 Å². The highest BCUT2D eigenvalue weighted by Crippen LogP contribution is 2.44. The monoisotopic (exact) mass is 372 g/mol. The average Bonchev–Trinajstić information content (AvgIpc) is 3.38. The molecular weight excluding hydrogens is 344 g/mol. The van der Waals surface area contributed by atoms with Crippen molar-refractivity contribution in [2.24, 2.45) is 0 Å². The van der Waals surface area contributed by atoms with Crippen molar-refractivity contribution in [1.29, 1.82) is 0 Å². The molecule has 2 bridgehead atoms. The number of carbonyl (C=O) groups is 1. The standard InChI is InChI=1S/C20H28N4O3/c1-2-15-6-18-14(5-13(8-21-18)19(25)22-26)9-23(15)11-20-7-17(10-27-20)24(12-20)16-3-4-16/h5,8,15-17,26H,2-4,6-7,9-12H2,1H3,(H,22,25)/t15-,17+,20-/m1/s1. The van der Waals surface area contributed by atoms with Gasteiger partial charge in [0.2, 0.25) is 0 Å². The summed E-state index contributed by atoms with van der Waals surface area (Å²) in [5, 5.41) is 8.90. The van der Waals surface area contributed by atoms with Crippen LogP contribution in [0.25, 0.3) is 0 Å². The molecule has 1 saturated carbocycles. The predicted molar refractivity (Wildman–Crippen MR) is 98.5 cm³/mol. The lowest BCUT2D eigenvalue weighted by molar-refractivity contribution is -0.0726. The number of ether oxygens (including phenoxy) is 1. The molecule has 1 aromatic heterocycles. The Hall–Kier alpha value is -1.54. The summed E-state index contributed by atoms with van der Waals surface area (Å²) in [6, 6.07) is 3.73. The maximum Gasteiger partial charge on any atom is 0.276 e. The number of fused-ring (bicyclic) bond motifs is 3. The van der Waals surface area contributed by atoms with Crippen LogP contribution in [0.15, 0.2) is 12.3 Å². The number of aromatic nitrogens is 1. The van der Waals surface area contributed by atoms with Crippen molar-refractivity contribution >= 4 is 5.91 Å². The molecular formula is C20H28N4O3. The molecule has 5 rings (SSSR count). The summed E-state index contributed by atoms with van der Waals surface area (Å²) >= 11 is 0. The largest absolute Gasteiger partial charge is 0.371 e. The normalized spacial score (nSPS) is 33.3. The SMILES string of the molecule is CC[C@@H]1Cc2ncc(C(=O)NO)cc2CN1C[C@@]12C[C@@H](CO1)N(C1CC1)C2. The van der Waals surface area contributed by atoms with Crippen LogP contribution in [0.3, 0.4) is 0 Å². The molecule has 2 N–H and O–H groups in total. The summed E-state index contributed by atoms with van der Waals surface area (Å²) in [4.78, 5) is 21.5. The molecule has 27 heavy (non-hydrogen) atoms. The van der Waals surface area contributed by atoms with Crippen molar-refractivity contribution < 1.29 is 14.7 Å². The van der Waals surface area contributed by atoms with Crippen LogP contribution >= 0.6 is 0 Å². The van der Waals surface area contributed by atoms with Gasteiger partial charge in [0.05, 0.1) is 17.8 Å². The van der Waals surface area contributed by atoms with Crippen molar-refractivity contribution in [1.82, 2.24) is 20.3 Å². The fourth-order valence-electron chi connectivity index (χ4n) is 5.30. The van der Waals surface area contributed by atoms with Gasteiger partial charge in [-0.05, 0) is 37.3 Å². The second-order valence-electron chi connectivity index (χ2n) is 8.70. The number of hydroxylamine groups is 1. The van der Waals surface area contributed by atoms with Crippen LogP contribution in [0.2, 0.25) is 0 Å². The zero-order valence-electron chi connectivity index (χ0n) is 15.9. The molecule has 2 saturated heterocycles. The third kappa shape index (κ3) is 3.06. The van der Waals surface area contributed by atoms with Crippen LogP contribution in [0, 0.1) is 0 Å². The van der Waals surface area contributed by atoms with Crippen molar-refractivity contribution in [2.45, 2.75) is 69.3 Å². The summed E-state index contributed by atoms with van der Waals surface area (Å²) in [5.41, 5.74) is 4.23. The van der Waals surface area contributed by atoms with Crippen LogP contribution in [0.4, 0.5) is 0 Å². The molecule has 1 aliphatic carbocycles. The summed E-state index contributed by atoms with van der Waals surface area (Å²) in [6.07, 6.45) is 7.38. The van der Waals surface area contributed by atoms with Crippen molar-refractivity contribution in [2.75, 3.05) is 19.7 Å². The predicted octanol–water partition coefficient (Wildman–Crippen LogP) is 1.34. The van der Waals surface area contributed by atoms with Crippen LogP contribution < -0.4 is 5.48 Å². The highest BCUT2D eigenvalue weighted by molar-refractivity contribution is 5.93. The van der Waals surface area contributed by atoms with E-state index in [9.17, 15) is 4.79 Å². The van der Waals surface area contributed by atoms with Crippen molar-refractivity contribution in [3.05, 3.63) is 29.1 Å². The van der Waals surface area contributed by atoms with E-state index >= 15 is 0 Å². The van der Waals surface area contributed by atoms with Crippen molar-refractivity contribution in [3.63, 3.8) is 0 Å². The van der Waals surface area contributed by atoms with E-state index in [0.717, 1.165) is 62.8 Å². The number of hydrogen-bond donors (Lipinski definition) is 2. The Kier molecular flexibility index (Phi) is 4.23. The Morgan fingerprint density at radius 1 is 1.44 bits per heavy atom. The minimum Gasteiger partial charge on any atom is -0.371 e. The molecule has 0 unspecified atom stereocenters. The van der Waals surface area contributed by atoms with Gasteiger partial charge in [0, 0.05) is 56.1 Å². The molecule has 1 aromatic rings. The number of pyridine rings is 1. The highest BCUT2D eigenvalue weighted by Gasteiger charge is 2.55. The molecule has 7 heteroatoms. The minimum absolute atomic E-state index is 0.0360. The summed E-state index contributed by atoms with van der Waals surface area (Å²) < 4.78 is 6.31. The Bertz CT molecular complexity index is 753. The van der Waals surface area contributed by atoms with Gasteiger partial charge in [-0.3, -0.25) is 24.8 Å². The number of nitrogens with zero attached hydrogens (tertiary/aromatic N) is 3. The summed E-state index contributed by atoms with van der Waals surface area (Å²) in [7, 11) is 0. The first-order valence-electron chi connectivity index (χ1n) is 10.2. The molecule has 3 fully saturated rings. The van der Waals surface area contributed by atoms with Gasteiger partial charge < -0.3 is 4.74 Å². The van der Waals surface area contributed by atoms with Crippen LogP contribution in [0.1, 0.15) is 54.2 Å². The third-order valence-corrected chi connectivity index (χ3v) is 6.85. The molecule has 4 aliphatic rings. The van der Waals surface area contributed by atoms with E-state index in [2.05, 4.69) is 21.7 Å².